The van der Waals surface area contributed by atoms with Crippen LogP contribution in [0.15, 0.2) is 12.1 Å². The van der Waals surface area contributed by atoms with Crippen molar-refractivity contribution in [3.05, 3.63) is 33.6 Å². The highest BCUT2D eigenvalue weighted by atomic mass is 19.1. The Hall–Kier alpha value is -1.69. The van der Waals surface area contributed by atoms with E-state index < -0.39 is 16.3 Å². The Morgan fingerprint density at radius 2 is 2.10 bits per heavy atom. The highest BCUT2D eigenvalue weighted by Gasteiger charge is 2.32. The number of hydrogen-bond acceptors (Lipinski definition) is 4. The second kappa shape index (κ2) is 5.97. The quantitative estimate of drug-likeness (QED) is 0.659. The number of benzene rings is 1. The smallest absolute Gasteiger partial charge is 0.295 e. The van der Waals surface area contributed by atoms with Gasteiger partial charge in [0.1, 0.15) is 11.5 Å². The first kappa shape index (κ1) is 15.7. The molecule has 0 bridgehead atoms. The van der Waals surface area contributed by atoms with Gasteiger partial charge in [0.2, 0.25) is 0 Å². The van der Waals surface area contributed by atoms with E-state index >= 15 is 0 Å². The van der Waals surface area contributed by atoms with Crippen molar-refractivity contribution in [2.45, 2.75) is 45.1 Å². The predicted molar refractivity (Wildman–Crippen MR) is 78.9 cm³/mol. The third kappa shape index (κ3) is 3.69. The van der Waals surface area contributed by atoms with E-state index in [2.05, 4.69) is 12.2 Å². The molecule has 6 heteroatoms. The van der Waals surface area contributed by atoms with Gasteiger partial charge < -0.3 is 10.4 Å². The molecular formula is C15H21FN2O3. The van der Waals surface area contributed by atoms with Gasteiger partial charge in [-0.2, -0.15) is 0 Å². The van der Waals surface area contributed by atoms with Crippen molar-refractivity contribution >= 4 is 11.4 Å². The second-order valence-electron chi connectivity index (χ2n) is 6.14. The van der Waals surface area contributed by atoms with E-state index in [1.807, 2.05) is 0 Å². The summed E-state index contributed by atoms with van der Waals surface area (Å²) < 4.78 is 13.5. The van der Waals surface area contributed by atoms with Crippen LogP contribution in [0.3, 0.4) is 0 Å². The highest BCUT2D eigenvalue weighted by Crippen LogP contribution is 2.33. The molecule has 0 spiro atoms. The standard InChI is InChI=1S/C15H21FN2O3/c1-10-3-5-15(19,6-4-10)9-17-13-7-11(2)12(16)8-14(13)18(20)21/h7-8,10,17,19H,3-6,9H2,1-2H3. The molecule has 0 radical (unpaired) electrons. The van der Waals surface area contributed by atoms with Crippen LogP contribution in [0.1, 0.15) is 38.2 Å². The third-order valence-corrected chi connectivity index (χ3v) is 4.29. The molecule has 1 fully saturated rings. The zero-order valence-corrected chi connectivity index (χ0v) is 12.4. The van der Waals surface area contributed by atoms with Crippen LogP contribution in [-0.4, -0.2) is 22.2 Å². The maximum absolute atomic E-state index is 13.5. The molecule has 2 N–H and O–H groups in total. The second-order valence-corrected chi connectivity index (χ2v) is 6.14. The summed E-state index contributed by atoms with van der Waals surface area (Å²) in [5.74, 6) is 0.00475. The van der Waals surface area contributed by atoms with Gasteiger partial charge in [-0.25, -0.2) is 4.39 Å². The minimum atomic E-state index is -0.845. The fourth-order valence-corrected chi connectivity index (χ4v) is 2.70. The molecule has 2 rings (SSSR count). The van der Waals surface area contributed by atoms with Gasteiger partial charge >= 0.3 is 0 Å². The van der Waals surface area contributed by atoms with Gasteiger partial charge in [0.25, 0.3) is 5.69 Å². The van der Waals surface area contributed by atoms with E-state index in [1.165, 1.54) is 6.07 Å². The molecule has 21 heavy (non-hydrogen) atoms. The first-order valence-corrected chi connectivity index (χ1v) is 7.21. The Balaban J connectivity index is 2.12. The summed E-state index contributed by atoms with van der Waals surface area (Å²) in [6, 6.07) is 2.34. The van der Waals surface area contributed by atoms with Crippen LogP contribution in [0.5, 0.6) is 0 Å². The zero-order valence-electron chi connectivity index (χ0n) is 12.4. The number of anilines is 1. The Morgan fingerprint density at radius 3 is 2.67 bits per heavy atom. The lowest BCUT2D eigenvalue weighted by molar-refractivity contribution is -0.384. The zero-order chi connectivity index (χ0) is 15.6. The molecule has 1 saturated carbocycles. The maximum atomic E-state index is 13.5. The molecule has 1 aromatic rings. The minimum Gasteiger partial charge on any atom is -0.388 e. The Kier molecular flexibility index (Phi) is 4.46. The molecule has 0 amide bonds. The van der Waals surface area contributed by atoms with Crippen LogP contribution < -0.4 is 5.32 Å². The van der Waals surface area contributed by atoms with Gasteiger partial charge in [-0.15, -0.1) is 0 Å². The summed E-state index contributed by atoms with van der Waals surface area (Å²) in [7, 11) is 0. The van der Waals surface area contributed by atoms with Gasteiger partial charge in [-0.3, -0.25) is 10.1 Å². The van der Waals surface area contributed by atoms with Gasteiger partial charge in [0.15, 0.2) is 0 Å². The molecule has 116 valence electrons. The normalized spacial score (nSPS) is 25.6. The fraction of sp³-hybridized carbons (Fsp3) is 0.600. The average molecular weight is 296 g/mol. The first-order chi connectivity index (χ1) is 9.81. The molecule has 5 nitrogen and oxygen atoms in total. The summed E-state index contributed by atoms with van der Waals surface area (Å²) in [5.41, 5.74) is -0.549. The number of nitrogens with zero attached hydrogens (tertiary/aromatic N) is 1. The summed E-state index contributed by atoms with van der Waals surface area (Å²) >= 11 is 0. The van der Waals surface area contributed by atoms with E-state index in [-0.39, 0.29) is 17.9 Å². The SMILES string of the molecule is Cc1cc(NCC2(O)CCC(C)CC2)c([N+](=O)[O-])cc1F. The van der Waals surface area contributed by atoms with E-state index in [4.69, 9.17) is 0 Å². The first-order valence-electron chi connectivity index (χ1n) is 7.21. The number of aliphatic hydroxyl groups is 1. The van der Waals surface area contributed by atoms with Crippen molar-refractivity contribution in [1.82, 2.24) is 0 Å². The van der Waals surface area contributed by atoms with Gasteiger partial charge in [0.05, 0.1) is 16.6 Å². The van der Waals surface area contributed by atoms with Crippen molar-refractivity contribution in [2.75, 3.05) is 11.9 Å². The minimum absolute atomic E-state index is 0.242. The van der Waals surface area contributed by atoms with Crippen LogP contribution in [-0.2, 0) is 0 Å². The average Bonchev–Trinajstić information content (AvgIpc) is 2.43. The monoisotopic (exact) mass is 296 g/mol. The van der Waals surface area contributed by atoms with Gasteiger partial charge in [0, 0.05) is 6.54 Å². The van der Waals surface area contributed by atoms with Crippen molar-refractivity contribution in [1.29, 1.82) is 0 Å². The molecule has 0 aromatic heterocycles. The molecule has 1 aromatic carbocycles. The summed E-state index contributed by atoms with van der Waals surface area (Å²) in [6.45, 7) is 3.95. The summed E-state index contributed by atoms with van der Waals surface area (Å²) in [4.78, 5) is 10.4. The van der Waals surface area contributed by atoms with E-state index in [9.17, 15) is 19.6 Å². The predicted octanol–water partition coefficient (Wildman–Crippen LogP) is 3.40. The Morgan fingerprint density at radius 1 is 1.48 bits per heavy atom. The largest absolute Gasteiger partial charge is 0.388 e. The Bertz CT molecular complexity index is 540. The van der Waals surface area contributed by atoms with Gasteiger partial charge in [-0.1, -0.05) is 6.92 Å². The van der Waals surface area contributed by atoms with Crippen LogP contribution in [0.4, 0.5) is 15.8 Å². The molecule has 0 aliphatic heterocycles. The van der Waals surface area contributed by atoms with Crippen LogP contribution in [0.25, 0.3) is 0 Å². The molecule has 1 aliphatic carbocycles. The van der Waals surface area contributed by atoms with Crippen LogP contribution in [0.2, 0.25) is 0 Å². The Labute approximate surface area is 123 Å². The number of nitrogens with one attached hydrogen (secondary N) is 1. The molecule has 0 unspecified atom stereocenters. The lowest BCUT2D eigenvalue weighted by Crippen LogP contribution is -2.40. The molecule has 1 aliphatic rings. The molecule has 0 heterocycles. The van der Waals surface area contributed by atoms with Crippen molar-refractivity contribution in [3.63, 3.8) is 0 Å². The molecule has 0 saturated heterocycles. The van der Waals surface area contributed by atoms with E-state index in [1.54, 1.807) is 6.92 Å². The topological polar surface area (TPSA) is 75.4 Å². The van der Waals surface area contributed by atoms with Crippen molar-refractivity contribution in [2.24, 2.45) is 5.92 Å². The maximum Gasteiger partial charge on any atom is 0.295 e. The third-order valence-electron chi connectivity index (χ3n) is 4.29. The number of aryl methyl sites for hydroxylation is 1. The molecule has 0 atom stereocenters. The number of hydrogen-bond donors (Lipinski definition) is 2. The van der Waals surface area contributed by atoms with Gasteiger partial charge in [-0.05, 0) is 50.2 Å². The van der Waals surface area contributed by atoms with E-state index in [0.717, 1.165) is 18.9 Å². The van der Waals surface area contributed by atoms with Crippen molar-refractivity contribution < 1.29 is 14.4 Å². The highest BCUT2D eigenvalue weighted by molar-refractivity contribution is 5.63. The summed E-state index contributed by atoms with van der Waals surface area (Å²) in [5, 5.41) is 24.4. The van der Waals surface area contributed by atoms with Crippen molar-refractivity contribution in [3.8, 4) is 0 Å². The van der Waals surface area contributed by atoms with Crippen LogP contribution in [0, 0.1) is 28.8 Å². The number of nitro groups is 1. The van der Waals surface area contributed by atoms with Crippen LogP contribution >= 0.6 is 0 Å². The summed E-state index contributed by atoms with van der Waals surface area (Å²) in [6.07, 6.45) is 3.25. The number of rotatable bonds is 4. The lowest BCUT2D eigenvalue weighted by Gasteiger charge is -2.35. The fourth-order valence-electron chi connectivity index (χ4n) is 2.70. The number of nitro benzene ring substituents is 1. The molecular weight excluding hydrogens is 275 g/mol. The van der Waals surface area contributed by atoms with E-state index in [0.29, 0.717) is 24.3 Å². The number of halogens is 1. The lowest BCUT2D eigenvalue weighted by atomic mass is 9.79.